The molecule has 0 unspecified atom stereocenters. The van der Waals surface area contributed by atoms with Gasteiger partial charge in [0.2, 0.25) is 0 Å². The maximum atomic E-state index is 14.1. The Morgan fingerprint density at radius 2 is 1.85 bits per heavy atom. The summed E-state index contributed by atoms with van der Waals surface area (Å²) in [4.78, 5) is 17.0. The fraction of sp³-hybridized carbons (Fsp3) is 0.360. The van der Waals surface area contributed by atoms with E-state index in [1.165, 1.54) is 11.6 Å². The first kappa shape index (κ1) is 23.3. The van der Waals surface area contributed by atoms with E-state index in [1.807, 2.05) is 24.3 Å². The first-order valence-electron chi connectivity index (χ1n) is 11.1. The average molecular weight is 472 g/mol. The summed E-state index contributed by atoms with van der Waals surface area (Å²) in [5, 5.41) is 4.43. The molecule has 0 N–H and O–H groups in total. The number of aryl methyl sites for hydroxylation is 2. The Balaban J connectivity index is 1.37. The summed E-state index contributed by atoms with van der Waals surface area (Å²) >= 11 is 6.15. The third-order valence-corrected chi connectivity index (χ3v) is 6.36. The monoisotopic (exact) mass is 471 g/mol. The topological polar surface area (TPSA) is 58.8 Å². The van der Waals surface area contributed by atoms with Gasteiger partial charge in [0.1, 0.15) is 23.9 Å². The van der Waals surface area contributed by atoms with E-state index < -0.39 is 0 Å². The van der Waals surface area contributed by atoms with E-state index in [0.717, 1.165) is 12.2 Å². The van der Waals surface area contributed by atoms with Crippen molar-refractivity contribution in [2.24, 2.45) is 0 Å². The number of hydrogen-bond donors (Lipinski definition) is 0. The Morgan fingerprint density at radius 3 is 2.52 bits per heavy atom. The molecule has 2 aromatic carbocycles. The summed E-state index contributed by atoms with van der Waals surface area (Å²) < 4.78 is 25.3. The fourth-order valence-corrected chi connectivity index (χ4v) is 4.09. The van der Waals surface area contributed by atoms with Gasteiger partial charge in [-0.25, -0.2) is 4.39 Å². The highest BCUT2D eigenvalue weighted by molar-refractivity contribution is 6.31. The number of aromatic nitrogens is 1. The molecule has 33 heavy (non-hydrogen) atoms. The van der Waals surface area contributed by atoms with Gasteiger partial charge in [0, 0.05) is 43.3 Å². The van der Waals surface area contributed by atoms with Crippen LogP contribution in [0.3, 0.4) is 0 Å². The highest BCUT2D eigenvalue weighted by atomic mass is 35.5. The van der Waals surface area contributed by atoms with Crippen LogP contribution in [-0.4, -0.2) is 47.0 Å². The fourth-order valence-electron chi connectivity index (χ4n) is 3.87. The molecule has 6 nitrogen and oxygen atoms in total. The number of carbonyl (C=O) groups excluding carboxylic acids is 1. The maximum Gasteiger partial charge on any atom is 0.276 e. The van der Waals surface area contributed by atoms with Gasteiger partial charge in [0.15, 0.2) is 5.69 Å². The number of amides is 1. The lowest BCUT2D eigenvalue weighted by Crippen LogP contribution is -2.48. The second kappa shape index (κ2) is 10.4. The van der Waals surface area contributed by atoms with Crippen molar-refractivity contribution in [2.45, 2.75) is 33.4 Å². The Hall–Kier alpha value is -2.90. The van der Waals surface area contributed by atoms with Gasteiger partial charge in [-0.2, -0.15) is 0 Å². The highest BCUT2D eigenvalue weighted by Gasteiger charge is 2.28. The van der Waals surface area contributed by atoms with Crippen molar-refractivity contribution >= 4 is 17.5 Å². The van der Waals surface area contributed by atoms with E-state index in [9.17, 15) is 9.18 Å². The van der Waals surface area contributed by atoms with Crippen LogP contribution >= 0.6 is 11.6 Å². The smallest absolute Gasteiger partial charge is 0.276 e. The lowest BCUT2D eigenvalue weighted by Gasteiger charge is -2.34. The second-order valence-corrected chi connectivity index (χ2v) is 8.53. The van der Waals surface area contributed by atoms with Crippen LogP contribution in [0.1, 0.15) is 39.9 Å². The first-order valence-corrected chi connectivity index (χ1v) is 11.5. The van der Waals surface area contributed by atoms with Gasteiger partial charge in [-0.1, -0.05) is 41.9 Å². The summed E-state index contributed by atoms with van der Waals surface area (Å²) in [5.74, 6) is 0.798. The quantitative estimate of drug-likeness (QED) is 0.491. The number of nitrogens with zero attached hydrogens (tertiary/aromatic N) is 3. The minimum Gasteiger partial charge on any atom is -0.489 e. The van der Waals surface area contributed by atoms with Crippen LogP contribution in [0.2, 0.25) is 5.02 Å². The van der Waals surface area contributed by atoms with Gasteiger partial charge >= 0.3 is 0 Å². The molecule has 1 amide bonds. The maximum absolute atomic E-state index is 14.1. The van der Waals surface area contributed by atoms with Crippen LogP contribution in [0.4, 0.5) is 4.39 Å². The molecular formula is C25H27ClFN3O3. The van der Waals surface area contributed by atoms with Crippen molar-refractivity contribution < 1.29 is 18.4 Å². The minimum absolute atomic E-state index is 0.185. The molecule has 4 rings (SSSR count). The number of ether oxygens (including phenoxy) is 1. The lowest BCUT2D eigenvalue weighted by atomic mass is 10.1. The van der Waals surface area contributed by atoms with Gasteiger partial charge in [-0.15, -0.1) is 0 Å². The zero-order valence-electron chi connectivity index (χ0n) is 18.8. The predicted octanol–water partition coefficient (Wildman–Crippen LogP) is 4.87. The van der Waals surface area contributed by atoms with Gasteiger partial charge in [-0.05, 0) is 43.2 Å². The third kappa shape index (κ3) is 5.37. The Labute approximate surface area is 197 Å². The number of piperazine rings is 1. The van der Waals surface area contributed by atoms with Crippen LogP contribution in [0.25, 0.3) is 0 Å². The van der Waals surface area contributed by atoms with E-state index in [-0.39, 0.29) is 24.0 Å². The van der Waals surface area contributed by atoms with Crippen LogP contribution in [0.5, 0.6) is 5.75 Å². The minimum atomic E-state index is -0.312. The van der Waals surface area contributed by atoms with Crippen molar-refractivity contribution in [2.75, 3.05) is 26.2 Å². The first-order chi connectivity index (χ1) is 16.0. The van der Waals surface area contributed by atoms with E-state index in [4.69, 9.17) is 20.9 Å². The van der Waals surface area contributed by atoms with Crippen LogP contribution < -0.4 is 4.74 Å². The molecule has 2 heterocycles. The standard InChI is InChI=1S/C25H27ClFN3O3/c1-3-18-7-9-19(10-8-18)32-16-21-17(2)33-28-24(21)25(31)30-13-11-29(12-14-30)15-20-22(26)5-4-6-23(20)27/h4-10H,3,11-16H2,1-2H3. The van der Waals surface area contributed by atoms with Crippen molar-refractivity contribution in [3.8, 4) is 5.75 Å². The summed E-state index contributed by atoms with van der Waals surface area (Å²) in [6, 6.07) is 12.6. The molecule has 1 aliphatic rings. The molecule has 0 spiro atoms. The van der Waals surface area contributed by atoms with Gasteiger partial charge < -0.3 is 14.2 Å². The number of halogens is 2. The molecule has 1 aliphatic heterocycles. The summed E-state index contributed by atoms with van der Waals surface area (Å²) in [6.45, 7) is 6.74. The third-order valence-electron chi connectivity index (χ3n) is 6.00. The van der Waals surface area contributed by atoms with E-state index in [0.29, 0.717) is 54.6 Å². The SMILES string of the molecule is CCc1ccc(OCc2c(C(=O)N3CCN(Cc4c(F)cccc4Cl)CC3)noc2C)cc1. The largest absolute Gasteiger partial charge is 0.489 e. The van der Waals surface area contributed by atoms with Crippen LogP contribution in [-0.2, 0) is 19.6 Å². The van der Waals surface area contributed by atoms with E-state index in [2.05, 4.69) is 17.0 Å². The summed E-state index contributed by atoms with van der Waals surface area (Å²) in [5.41, 5.74) is 2.65. The number of benzene rings is 2. The zero-order chi connectivity index (χ0) is 23.4. The number of hydrogen-bond acceptors (Lipinski definition) is 5. The Morgan fingerprint density at radius 1 is 1.12 bits per heavy atom. The van der Waals surface area contributed by atoms with Crippen molar-refractivity contribution in [3.63, 3.8) is 0 Å². The number of carbonyl (C=O) groups is 1. The molecule has 3 aromatic rings. The summed E-state index contributed by atoms with van der Waals surface area (Å²) in [7, 11) is 0. The second-order valence-electron chi connectivity index (χ2n) is 8.12. The predicted molar refractivity (Wildman–Crippen MR) is 124 cm³/mol. The van der Waals surface area contributed by atoms with Crippen LogP contribution in [0, 0.1) is 12.7 Å². The van der Waals surface area contributed by atoms with Crippen molar-refractivity contribution in [1.82, 2.24) is 15.0 Å². The van der Waals surface area contributed by atoms with E-state index in [1.54, 1.807) is 24.0 Å². The molecule has 0 bridgehead atoms. The average Bonchev–Trinajstić information content (AvgIpc) is 3.20. The molecule has 8 heteroatoms. The molecule has 0 aliphatic carbocycles. The van der Waals surface area contributed by atoms with Crippen LogP contribution in [0.15, 0.2) is 47.0 Å². The molecule has 1 aromatic heterocycles. The van der Waals surface area contributed by atoms with Gasteiger partial charge in [0.25, 0.3) is 5.91 Å². The zero-order valence-corrected chi connectivity index (χ0v) is 19.6. The molecular weight excluding hydrogens is 445 g/mol. The molecule has 0 saturated carbocycles. The normalized spacial score (nSPS) is 14.5. The lowest BCUT2D eigenvalue weighted by molar-refractivity contribution is 0.0615. The number of rotatable bonds is 7. The molecule has 174 valence electrons. The molecule has 1 fully saturated rings. The Bertz CT molecular complexity index is 1090. The van der Waals surface area contributed by atoms with Crippen molar-refractivity contribution in [3.05, 3.63) is 81.4 Å². The van der Waals surface area contributed by atoms with Gasteiger partial charge in [-0.3, -0.25) is 9.69 Å². The molecule has 0 radical (unpaired) electrons. The molecule has 1 saturated heterocycles. The highest BCUT2D eigenvalue weighted by Crippen LogP contribution is 2.23. The molecule has 0 atom stereocenters. The Kier molecular flexibility index (Phi) is 7.30. The van der Waals surface area contributed by atoms with Crippen molar-refractivity contribution in [1.29, 1.82) is 0 Å². The van der Waals surface area contributed by atoms with Gasteiger partial charge in [0.05, 0.1) is 5.56 Å². The summed E-state index contributed by atoms with van der Waals surface area (Å²) in [6.07, 6.45) is 0.963. The van der Waals surface area contributed by atoms with E-state index >= 15 is 0 Å².